The van der Waals surface area contributed by atoms with Gasteiger partial charge in [0.1, 0.15) is 0 Å². The van der Waals surface area contributed by atoms with Crippen molar-refractivity contribution in [2.24, 2.45) is 0 Å². The van der Waals surface area contributed by atoms with E-state index in [0.717, 1.165) is 11.1 Å². The minimum atomic E-state index is -0.564. The summed E-state index contributed by atoms with van der Waals surface area (Å²) in [7, 11) is 0. The van der Waals surface area contributed by atoms with Gasteiger partial charge in [0.15, 0.2) is 0 Å². The highest BCUT2D eigenvalue weighted by Crippen LogP contribution is 2.21. The van der Waals surface area contributed by atoms with E-state index in [-0.39, 0.29) is 0 Å². The normalized spacial score (nSPS) is 13.2. The van der Waals surface area contributed by atoms with Crippen LogP contribution in [0, 0.1) is 0 Å². The first-order valence-corrected chi connectivity index (χ1v) is 8.03. The van der Waals surface area contributed by atoms with Gasteiger partial charge in [-0.3, -0.25) is 0 Å². The van der Waals surface area contributed by atoms with Gasteiger partial charge in [-0.25, -0.2) is 0 Å². The standard InChI is InChI=1S/C21H26O/c1-15(2)18-8-5-17(6-9-18)7-14-21(22)20-12-10-19(11-13-20)16(3)4/h5-16,21-22H,1-4H3/b14-7+. The third kappa shape index (κ3) is 4.32. The van der Waals surface area contributed by atoms with Crippen LogP contribution in [0.4, 0.5) is 0 Å². The smallest absolute Gasteiger partial charge is 0.0975 e. The van der Waals surface area contributed by atoms with E-state index in [9.17, 15) is 5.11 Å². The Morgan fingerprint density at radius 3 is 1.55 bits per heavy atom. The van der Waals surface area contributed by atoms with E-state index in [1.165, 1.54) is 11.1 Å². The van der Waals surface area contributed by atoms with Crippen LogP contribution in [0.2, 0.25) is 0 Å². The Hall–Kier alpha value is -1.86. The summed E-state index contributed by atoms with van der Waals surface area (Å²) >= 11 is 0. The summed E-state index contributed by atoms with van der Waals surface area (Å²) in [6, 6.07) is 16.7. The Labute approximate surface area is 134 Å². The molecule has 22 heavy (non-hydrogen) atoms. The first kappa shape index (κ1) is 16.5. The Morgan fingerprint density at radius 2 is 1.09 bits per heavy atom. The number of aliphatic hydroxyl groups excluding tert-OH is 1. The largest absolute Gasteiger partial charge is 0.384 e. The predicted molar refractivity (Wildman–Crippen MR) is 95.1 cm³/mol. The number of hydrogen-bond acceptors (Lipinski definition) is 1. The lowest BCUT2D eigenvalue weighted by molar-refractivity contribution is 0.229. The molecule has 116 valence electrons. The van der Waals surface area contributed by atoms with Crippen molar-refractivity contribution < 1.29 is 5.11 Å². The van der Waals surface area contributed by atoms with Gasteiger partial charge in [0.05, 0.1) is 6.10 Å². The van der Waals surface area contributed by atoms with Gasteiger partial charge in [-0.15, -0.1) is 0 Å². The molecule has 0 heterocycles. The number of rotatable bonds is 5. The minimum Gasteiger partial charge on any atom is -0.384 e. The van der Waals surface area contributed by atoms with Crippen molar-refractivity contribution in [2.45, 2.75) is 45.6 Å². The van der Waals surface area contributed by atoms with Gasteiger partial charge in [0, 0.05) is 0 Å². The van der Waals surface area contributed by atoms with Crippen LogP contribution in [-0.4, -0.2) is 5.11 Å². The number of aliphatic hydroxyl groups is 1. The van der Waals surface area contributed by atoms with Crippen molar-refractivity contribution in [3.05, 3.63) is 76.9 Å². The topological polar surface area (TPSA) is 20.2 Å². The fraction of sp³-hybridized carbons (Fsp3) is 0.333. The first-order valence-electron chi connectivity index (χ1n) is 8.03. The van der Waals surface area contributed by atoms with Crippen LogP contribution in [-0.2, 0) is 0 Å². The molecule has 0 saturated carbocycles. The molecule has 0 spiro atoms. The second-order valence-corrected chi connectivity index (χ2v) is 6.45. The van der Waals surface area contributed by atoms with Gasteiger partial charge in [0.25, 0.3) is 0 Å². The fourth-order valence-electron chi connectivity index (χ4n) is 2.38. The quantitative estimate of drug-likeness (QED) is 0.752. The molecule has 0 radical (unpaired) electrons. The molecule has 0 aromatic heterocycles. The van der Waals surface area contributed by atoms with Gasteiger partial charge < -0.3 is 5.11 Å². The summed E-state index contributed by atoms with van der Waals surface area (Å²) in [5.41, 5.74) is 4.67. The third-order valence-corrected chi connectivity index (χ3v) is 4.02. The molecule has 0 aliphatic carbocycles. The molecule has 1 N–H and O–H groups in total. The lowest BCUT2D eigenvalue weighted by Gasteiger charge is -2.09. The summed E-state index contributed by atoms with van der Waals surface area (Å²) in [5, 5.41) is 10.3. The molecule has 0 saturated heterocycles. The summed E-state index contributed by atoms with van der Waals surface area (Å²) in [5.74, 6) is 1.06. The maximum Gasteiger partial charge on any atom is 0.0975 e. The van der Waals surface area contributed by atoms with Crippen LogP contribution < -0.4 is 0 Å². The Balaban J connectivity index is 2.05. The van der Waals surface area contributed by atoms with Crippen LogP contribution in [0.15, 0.2) is 54.6 Å². The van der Waals surface area contributed by atoms with Gasteiger partial charge in [0.2, 0.25) is 0 Å². The van der Waals surface area contributed by atoms with E-state index in [0.29, 0.717) is 11.8 Å². The molecule has 1 atom stereocenters. The lowest BCUT2D eigenvalue weighted by atomic mass is 9.99. The zero-order chi connectivity index (χ0) is 16.1. The maximum atomic E-state index is 10.3. The van der Waals surface area contributed by atoms with Gasteiger partial charge >= 0.3 is 0 Å². The molecular weight excluding hydrogens is 268 g/mol. The first-order chi connectivity index (χ1) is 10.5. The molecule has 0 aliphatic rings. The van der Waals surface area contributed by atoms with Gasteiger partial charge in [-0.1, -0.05) is 88.4 Å². The molecule has 0 amide bonds. The van der Waals surface area contributed by atoms with Crippen LogP contribution in [0.3, 0.4) is 0 Å². The Morgan fingerprint density at radius 1 is 0.682 bits per heavy atom. The molecule has 2 rings (SSSR count). The fourth-order valence-corrected chi connectivity index (χ4v) is 2.38. The highest BCUT2D eigenvalue weighted by molar-refractivity contribution is 5.51. The number of hydrogen-bond donors (Lipinski definition) is 1. The summed E-state index contributed by atoms with van der Waals surface area (Å²) < 4.78 is 0. The lowest BCUT2D eigenvalue weighted by Crippen LogP contribution is -1.94. The number of benzene rings is 2. The van der Waals surface area contributed by atoms with Crippen molar-refractivity contribution in [1.29, 1.82) is 0 Å². The van der Waals surface area contributed by atoms with E-state index < -0.39 is 6.10 Å². The van der Waals surface area contributed by atoms with E-state index in [2.05, 4.69) is 64.1 Å². The molecule has 1 nitrogen and oxygen atoms in total. The molecule has 2 aromatic carbocycles. The van der Waals surface area contributed by atoms with E-state index in [1.54, 1.807) is 0 Å². The van der Waals surface area contributed by atoms with Gasteiger partial charge in [-0.2, -0.15) is 0 Å². The Kier molecular flexibility index (Phi) is 5.57. The Bertz CT molecular complexity index is 603. The maximum absolute atomic E-state index is 10.3. The average molecular weight is 294 g/mol. The van der Waals surface area contributed by atoms with Crippen LogP contribution in [0.25, 0.3) is 6.08 Å². The molecule has 2 aromatic rings. The molecule has 0 bridgehead atoms. The third-order valence-electron chi connectivity index (χ3n) is 4.02. The second-order valence-electron chi connectivity index (χ2n) is 6.45. The SMILES string of the molecule is CC(C)c1ccc(/C=C/C(O)c2ccc(C(C)C)cc2)cc1. The molecule has 0 fully saturated rings. The van der Waals surface area contributed by atoms with Crippen molar-refractivity contribution in [2.75, 3.05) is 0 Å². The van der Waals surface area contributed by atoms with Gasteiger partial charge in [-0.05, 0) is 34.1 Å². The second kappa shape index (κ2) is 7.42. The van der Waals surface area contributed by atoms with E-state index in [1.807, 2.05) is 24.3 Å². The van der Waals surface area contributed by atoms with Crippen molar-refractivity contribution >= 4 is 6.08 Å². The van der Waals surface area contributed by atoms with Crippen molar-refractivity contribution in [3.63, 3.8) is 0 Å². The van der Waals surface area contributed by atoms with Crippen molar-refractivity contribution in [1.82, 2.24) is 0 Å². The van der Waals surface area contributed by atoms with E-state index >= 15 is 0 Å². The summed E-state index contributed by atoms with van der Waals surface area (Å²) in [4.78, 5) is 0. The monoisotopic (exact) mass is 294 g/mol. The average Bonchev–Trinajstić information content (AvgIpc) is 2.53. The van der Waals surface area contributed by atoms with Crippen LogP contribution in [0.1, 0.15) is 67.9 Å². The molecule has 1 heteroatoms. The molecule has 0 aliphatic heterocycles. The van der Waals surface area contributed by atoms with Crippen LogP contribution >= 0.6 is 0 Å². The predicted octanol–water partition coefficient (Wildman–Crippen LogP) is 5.68. The van der Waals surface area contributed by atoms with Crippen molar-refractivity contribution in [3.8, 4) is 0 Å². The zero-order valence-electron chi connectivity index (χ0n) is 14.0. The van der Waals surface area contributed by atoms with Crippen LogP contribution in [0.5, 0.6) is 0 Å². The molecule has 1 unspecified atom stereocenters. The highest BCUT2D eigenvalue weighted by atomic mass is 16.3. The summed E-state index contributed by atoms with van der Waals surface area (Å²) in [6.07, 6.45) is 3.26. The summed E-state index contributed by atoms with van der Waals surface area (Å²) in [6.45, 7) is 8.73. The van der Waals surface area contributed by atoms with E-state index in [4.69, 9.17) is 0 Å². The zero-order valence-corrected chi connectivity index (χ0v) is 14.0. The molecular formula is C21H26O. The highest BCUT2D eigenvalue weighted by Gasteiger charge is 2.05. The minimum absolute atomic E-state index is 0.515.